The SMILES string of the molecule is C1C[C@@H]2CC[C@@H](CN1)O2. The van der Waals surface area contributed by atoms with Crippen LogP contribution >= 0.6 is 0 Å². The summed E-state index contributed by atoms with van der Waals surface area (Å²) >= 11 is 0. The van der Waals surface area contributed by atoms with Crippen LogP contribution in [0.1, 0.15) is 19.3 Å². The Bertz CT molecular complexity index is 93.1. The highest BCUT2D eigenvalue weighted by atomic mass is 16.5. The van der Waals surface area contributed by atoms with Gasteiger partial charge in [0.15, 0.2) is 0 Å². The Hall–Kier alpha value is -0.0800. The lowest BCUT2D eigenvalue weighted by Gasteiger charge is -2.05. The maximum atomic E-state index is 5.66. The van der Waals surface area contributed by atoms with Crippen LogP contribution < -0.4 is 5.32 Å². The molecule has 0 spiro atoms. The zero-order chi connectivity index (χ0) is 6.10. The minimum atomic E-state index is 0.539. The molecule has 0 unspecified atom stereocenters. The van der Waals surface area contributed by atoms with E-state index in [4.69, 9.17) is 4.74 Å². The minimum Gasteiger partial charge on any atom is -0.374 e. The standard InChI is InChI=1S/C7H13NO/c1-2-7-5-8-4-3-6(1)9-7/h6-8H,1-5H2/t6-,7-/m0/s1. The van der Waals surface area contributed by atoms with Crippen LogP contribution in [0.25, 0.3) is 0 Å². The molecule has 0 aromatic heterocycles. The zero-order valence-electron chi connectivity index (χ0n) is 5.60. The van der Waals surface area contributed by atoms with Gasteiger partial charge >= 0.3 is 0 Å². The summed E-state index contributed by atoms with van der Waals surface area (Å²) < 4.78 is 5.66. The molecular formula is C7H13NO. The first-order valence-electron chi connectivity index (χ1n) is 3.81. The second kappa shape index (κ2) is 2.27. The lowest BCUT2D eigenvalue weighted by Crippen LogP contribution is -2.24. The first-order chi connectivity index (χ1) is 4.45. The summed E-state index contributed by atoms with van der Waals surface area (Å²) in [7, 11) is 0. The van der Waals surface area contributed by atoms with Crippen molar-refractivity contribution >= 4 is 0 Å². The number of hydrogen-bond acceptors (Lipinski definition) is 2. The van der Waals surface area contributed by atoms with E-state index in [1.807, 2.05) is 0 Å². The highest BCUT2D eigenvalue weighted by molar-refractivity contribution is 4.79. The Morgan fingerprint density at radius 3 is 3.00 bits per heavy atom. The number of fused-ring (bicyclic) bond motifs is 2. The number of rotatable bonds is 0. The van der Waals surface area contributed by atoms with Crippen molar-refractivity contribution in [2.75, 3.05) is 13.1 Å². The van der Waals surface area contributed by atoms with Crippen molar-refractivity contribution in [3.8, 4) is 0 Å². The van der Waals surface area contributed by atoms with Gasteiger partial charge < -0.3 is 10.1 Å². The number of ether oxygens (including phenoxy) is 1. The van der Waals surface area contributed by atoms with E-state index in [0.717, 1.165) is 13.1 Å². The molecule has 9 heavy (non-hydrogen) atoms. The Labute approximate surface area is 55.6 Å². The monoisotopic (exact) mass is 127 g/mol. The minimum absolute atomic E-state index is 0.539. The molecule has 1 N–H and O–H groups in total. The van der Waals surface area contributed by atoms with E-state index in [1.54, 1.807) is 0 Å². The van der Waals surface area contributed by atoms with E-state index in [0.29, 0.717) is 12.2 Å². The van der Waals surface area contributed by atoms with E-state index in [2.05, 4.69) is 5.32 Å². The van der Waals surface area contributed by atoms with E-state index in [1.165, 1.54) is 19.3 Å². The van der Waals surface area contributed by atoms with E-state index in [9.17, 15) is 0 Å². The molecule has 0 amide bonds. The highest BCUT2D eigenvalue weighted by Crippen LogP contribution is 2.22. The van der Waals surface area contributed by atoms with Gasteiger partial charge in [-0.05, 0) is 25.8 Å². The number of nitrogens with one attached hydrogen (secondary N) is 1. The average Bonchev–Trinajstić information content (AvgIpc) is 2.09. The molecule has 0 aromatic carbocycles. The summed E-state index contributed by atoms with van der Waals surface area (Å²) in [6.45, 7) is 2.23. The molecule has 2 heteroatoms. The third kappa shape index (κ3) is 1.10. The third-order valence-corrected chi connectivity index (χ3v) is 2.21. The van der Waals surface area contributed by atoms with Gasteiger partial charge in [0.1, 0.15) is 0 Å². The summed E-state index contributed by atoms with van der Waals surface area (Å²) in [6.07, 6.45) is 4.92. The predicted octanol–water partition coefficient (Wildman–Crippen LogP) is 0.527. The fourth-order valence-electron chi connectivity index (χ4n) is 1.67. The van der Waals surface area contributed by atoms with Crippen LogP contribution in [0.4, 0.5) is 0 Å². The highest BCUT2D eigenvalue weighted by Gasteiger charge is 2.26. The van der Waals surface area contributed by atoms with Crippen molar-refractivity contribution in [2.45, 2.75) is 31.5 Å². The van der Waals surface area contributed by atoms with Gasteiger partial charge in [0.05, 0.1) is 12.2 Å². The van der Waals surface area contributed by atoms with Crippen LogP contribution in [-0.4, -0.2) is 25.3 Å². The first-order valence-corrected chi connectivity index (χ1v) is 3.81. The molecule has 2 fully saturated rings. The predicted molar refractivity (Wildman–Crippen MR) is 35.4 cm³/mol. The van der Waals surface area contributed by atoms with Crippen molar-refractivity contribution in [3.63, 3.8) is 0 Å². The molecule has 2 saturated heterocycles. The van der Waals surface area contributed by atoms with Crippen molar-refractivity contribution < 1.29 is 4.74 Å². The smallest absolute Gasteiger partial charge is 0.0704 e. The van der Waals surface area contributed by atoms with Crippen LogP contribution in [0, 0.1) is 0 Å². The van der Waals surface area contributed by atoms with E-state index < -0.39 is 0 Å². The summed E-state index contributed by atoms with van der Waals surface area (Å²) in [6, 6.07) is 0. The van der Waals surface area contributed by atoms with Crippen molar-refractivity contribution in [1.82, 2.24) is 5.32 Å². The molecule has 2 aliphatic rings. The number of hydrogen-bond donors (Lipinski definition) is 1. The van der Waals surface area contributed by atoms with Gasteiger partial charge in [-0.2, -0.15) is 0 Å². The van der Waals surface area contributed by atoms with Crippen LogP contribution in [0.2, 0.25) is 0 Å². The molecule has 52 valence electrons. The Morgan fingerprint density at radius 2 is 2.00 bits per heavy atom. The zero-order valence-corrected chi connectivity index (χ0v) is 5.60. The molecule has 0 saturated carbocycles. The maximum Gasteiger partial charge on any atom is 0.0704 e. The fourth-order valence-corrected chi connectivity index (χ4v) is 1.67. The summed E-state index contributed by atoms with van der Waals surface area (Å²) in [5, 5.41) is 3.35. The maximum absolute atomic E-state index is 5.66. The molecule has 0 aromatic rings. The molecular weight excluding hydrogens is 114 g/mol. The molecule has 2 atom stereocenters. The molecule has 2 rings (SSSR count). The van der Waals surface area contributed by atoms with Gasteiger partial charge in [0, 0.05) is 6.54 Å². The summed E-state index contributed by atoms with van der Waals surface area (Å²) in [4.78, 5) is 0. The van der Waals surface area contributed by atoms with Gasteiger partial charge in [0.25, 0.3) is 0 Å². The Kier molecular flexibility index (Phi) is 1.44. The van der Waals surface area contributed by atoms with Gasteiger partial charge in [-0.3, -0.25) is 0 Å². The summed E-state index contributed by atoms with van der Waals surface area (Å²) in [5.41, 5.74) is 0. The van der Waals surface area contributed by atoms with E-state index >= 15 is 0 Å². The normalized spacial score (nSPS) is 42.7. The van der Waals surface area contributed by atoms with E-state index in [-0.39, 0.29) is 0 Å². The molecule has 2 nitrogen and oxygen atoms in total. The first kappa shape index (κ1) is 5.69. The van der Waals surface area contributed by atoms with Crippen LogP contribution in [0.3, 0.4) is 0 Å². The Balaban J connectivity index is 1.99. The summed E-state index contributed by atoms with van der Waals surface area (Å²) in [5.74, 6) is 0. The average molecular weight is 127 g/mol. The largest absolute Gasteiger partial charge is 0.374 e. The van der Waals surface area contributed by atoms with Crippen LogP contribution in [0.15, 0.2) is 0 Å². The van der Waals surface area contributed by atoms with Gasteiger partial charge in [-0.1, -0.05) is 0 Å². The third-order valence-electron chi connectivity index (χ3n) is 2.21. The van der Waals surface area contributed by atoms with Crippen LogP contribution in [0.5, 0.6) is 0 Å². The van der Waals surface area contributed by atoms with Gasteiger partial charge in [0.2, 0.25) is 0 Å². The van der Waals surface area contributed by atoms with Crippen LogP contribution in [-0.2, 0) is 4.74 Å². The lowest BCUT2D eigenvalue weighted by atomic mass is 10.1. The molecule has 0 aliphatic carbocycles. The molecule has 2 bridgehead atoms. The van der Waals surface area contributed by atoms with Crippen molar-refractivity contribution in [2.24, 2.45) is 0 Å². The van der Waals surface area contributed by atoms with Crippen molar-refractivity contribution in [1.29, 1.82) is 0 Å². The quantitative estimate of drug-likeness (QED) is 0.512. The van der Waals surface area contributed by atoms with Gasteiger partial charge in [-0.25, -0.2) is 0 Å². The molecule has 2 heterocycles. The Morgan fingerprint density at radius 1 is 1.11 bits per heavy atom. The van der Waals surface area contributed by atoms with Crippen molar-refractivity contribution in [3.05, 3.63) is 0 Å². The van der Waals surface area contributed by atoms with Gasteiger partial charge in [-0.15, -0.1) is 0 Å². The topological polar surface area (TPSA) is 21.3 Å². The molecule has 2 aliphatic heterocycles. The molecule has 0 radical (unpaired) electrons. The fraction of sp³-hybridized carbons (Fsp3) is 1.00. The second-order valence-corrected chi connectivity index (χ2v) is 2.95. The lowest BCUT2D eigenvalue weighted by molar-refractivity contribution is 0.0571. The second-order valence-electron chi connectivity index (χ2n) is 2.95.